The van der Waals surface area contributed by atoms with Crippen LogP contribution in [0.1, 0.15) is 32.6 Å². The largest absolute Gasteiger partial charge is 0.299 e. The summed E-state index contributed by atoms with van der Waals surface area (Å²) in [5.41, 5.74) is 1.53. The number of allylic oxidation sites excluding steroid dienone is 2. The van der Waals surface area contributed by atoms with Crippen LogP contribution in [0.2, 0.25) is 0 Å². The first-order valence-electron chi connectivity index (χ1n) is 5.92. The van der Waals surface area contributed by atoms with Gasteiger partial charge in [-0.05, 0) is 43.7 Å². The molecule has 0 amide bonds. The summed E-state index contributed by atoms with van der Waals surface area (Å²) < 4.78 is 0. The lowest BCUT2D eigenvalue weighted by Gasteiger charge is -2.31. The zero-order valence-electron chi connectivity index (χ0n) is 9.21. The third-order valence-electron chi connectivity index (χ3n) is 3.22. The maximum atomic E-state index is 2.61. The van der Waals surface area contributed by atoms with E-state index in [9.17, 15) is 0 Å². The van der Waals surface area contributed by atoms with Crippen LogP contribution in [-0.4, -0.2) is 24.5 Å². The molecule has 0 N–H and O–H groups in total. The molecule has 0 saturated carbocycles. The molecule has 1 nitrogen and oxygen atoms in total. The van der Waals surface area contributed by atoms with Crippen LogP contribution in [0.3, 0.4) is 0 Å². The van der Waals surface area contributed by atoms with Crippen molar-refractivity contribution in [2.24, 2.45) is 5.92 Å². The summed E-state index contributed by atoms with van der Waals surface area (Å²) in [6, 6.07) is 0. The molecule has 0 aromatic rings. The number of nitrogens with zero attached hydrogens (tertiary/aromatic N) is 1. The molecule has 0 bridgehead atoms. The molecule has 0 radical (unpaired) electrons. The van der Waals surface area contributed by atoms with Gasteiger partial charge in [-0.15, -0.1) is 0 Å². The zero-order valence-corrected chi connectivity index (χ0v) is 9.21. The van der Waals surface area contributed by atoms with Gasteiger partial charge in [0.1, 0.15) is 0 Å². The van der Waals surface area contributed by atoms with E-state index >= 15 is 0 Å². The van der Waals surface area contributed by atoms with E-state index in [0.717, 1.165) is 5.92 Å². The molecule has 1 atom stereocenters. The number of likely N-dealkylation sites (tertiary alicyclic amines) is 1. The monoisotopic (exact) mass is 191 g/mol. The Kier molecular flexibility index (Phi) is 3.41. The second-order valence-corrected chi connectivity index (χ2v) is 4.74. The molecule has 2 aliphatic rings. The number of hydrogen-bond acceptors (Lipinski definition) is 1. The third-order valence-corrected chi connectivity index (χ3v) is 3.22. The van der Waals surface area contributed by atoms with Crippen molar-refractivity contribution in [3.63, 3.8) is 0 Å². The molecular weight excluding hydrogens is 170 g/mol. The first-order chi connectivity index (χ1) is 6.84. The standard InChI is InChI=1S/C13H21N/c1-12-6-5-9-14(10-12)11-13-7-3-2-4-8-13/h3,7-8,12H,2,4-6,9-11H2,1H3/t12-/m1/s1. The molecule has 1 heterocycles. The fourth-order valence-electron chi connectivity index (χ4n) is 2.47. The normalized spacial score (nSPS) is 28.9. The summed E-state index contributed by atoms with van der Waals surface area (Å²) in [5, 5.41) is 0. The van der Waals surface area contributed by atoms with E-state index in [-0.39, 0.29) is 0 Å². The zero-order chi connectivity index (χ0) is 9.80. The summed E-state index contributed by atoms with van der Waals surface area (Å²) >= 11 is 0. The van der Waals surface area contributed by atoms with Crippen LogP contribution >= 0.6 is 0 Å². The molecule has 0 aromatic heterocycles. The van der Waals surface area contributed by atoms with Gasteiger partial charge in [-0.2, -0.15) is 0 Å². The Bertz CT molecular complexity index is 240. The minimum atomic E-state index is 0.900. The van der Waals surface area contributed by atoms with Gasteiger partial charge in [-0.3, -0.25) is 4.90 Å². The lowest BCUT2D eigenvalue weighted by molar-refractivity contribution is 0.198. The summed E-state index contributed by atoms with van der Waals surface area (Å²) in [6.07, 6.45) is 12.3. The highest BCUT2D eigenvalue weighted by Crippen LogP contribution is 2.18. The summed E-state index contributed by atoms with van der Waals surface area (Å²) in [5.74, 6) is 0.900. The second-order valence-electron chi connectivity index (χ2n) is 4.74. The van der Waals surface area contributed by atoms with Crippen molar-refractivity contribution in [3.8, 4) is 0 Å². The van der Waals surface area contributed by atoms with Crippen molar-refractivity contribution < 1.29 is 0 Å². The van der Waals surface area contributed by atoms with Crippen molar-refractivity contribution in [1.29, 1.82) is 0 Å². The maximum absolute atomic E-state index is 2.61. The van der Waals surface area contributed by atoms with Crippen LogP contribution in [0.5, 0.6) is 0 Å². The summed E-state index contributed by atoms with van der Waals surface area (Å²) in [6.45, 7) is 6.15. The molecule has 14 heavy (non-hydrogen) atoms. The summed E-state index contributed by atoms with van der Waals surface area (Å²) in [4.78, 5) is 2.61. The SMILES string of the molecule is C[C@@H]1CCCN(CC2=CCCC=C2)C1. The highest BCUT2D eigenvalue weighted by atomic mass is 15.1. The molecule has 1 aliphatic carbocycles. The molecule has 0 unspecified atom stereocenters. The average molecular weight is 191 g/mol. The Morgan fingerprint density at radius 1 is 1.43 bits per heavy atom. The van der Waals surface area contributed by atoms with E-state index in [1.165, 1.54) is 50.9 Å². The van der Waals surface area contributed by atoms with E-state index in [4.69, 9.17) is 0 Å². The van der Waals surface area contributed by atoms with Gasteiger partial charge in [0.2, 0.25) is 0 Å². The van der Waals surface area contributed by atoms with E-state index < -0.39 is 0 Å². The lowest BCUT2D eigenvalue weighted by Crippen LogP contribution is -2.35. The lowest BCUT2D eigenvalue weighted by atomic mass is 9.99. The number of hydrogen-bond donors (Lipinski definition) is 0. The van der Waals surface area contributed by atoms with Gasteiger partial charge in [-0.25, -0.2) is 0 Å². The van der Waals surface area contributed by atoms with Crippen molar-refractivity contribution >= 4 is 0 Å². The predicted octanol–water partition coefficient (Wildman–Crippen LogP) is 2.99. The Morgan fingerprint density at radius 2 is 2.36 bits per heavy atom. The molecular formula is C13H21N. The average Bonchev–Trinajstić information content (AvgIpc) is 2.19. The van der Waals surface area contributed by atoms with Crippen molar-refractivity contribution in [1.82, 2.24) is 4.90 Å². The van der Waals surface area contributed by atoms with E-state index in [2.05, 4.69) is 30.1 Å². The molecule has 78 valence electrons. The molecule has 0 aromatic carbocycles. The van der Waals surface area contributed by atoms with Crippen molar-refractivity contribution in [2.45, 2.75) is 32.6 Å². The minimum absolute atomic E-state index is 0.900. The molecule has 1 aliphatic heterocycles. The Hall–Kier alpha value is -0.560. The van der Waals surface area contributed by atoms with Crippen LogP contribution in [0.4, 0.5) is 0 Å². The highest BCUT2D eigenvalue weighted by molar-refractivity contribution is 5.23. The Labute approximate surface area is 87.5 Å². The first-order valence-corrected chi connectivity index (χ1v) is 5.92. The minimum Gasteiger partial charge on any atom is -0.299 e. The second kappa shape index (κ2) is 4.79. The van der Waals surface area contributed by atoms with Crippen LogP contribution in [0.15, 0.2) is 23.8 Å². The van der Waals surface area contributed by atoms with Crippen LogP contribution < -0.4 is 0 Å². The Morgan fingerprint density at radius 3 is 3.07 bits per heavy atom. The summed E-state index contributed by atoms with van der Waals surface area (Å²) in [7, 11) is 0. The van der Waals surface area contributed by atoms with Crippen molar-refractivity contribution in [2.75, 3.05) is 19.6 Å². The van der Waals surface area contributed by atoms with E-state index in [1.54, 1.807) is 0 Å². The van der Waals surface area contributed by atoms with Gasteiger partial charge in [0.05, 0.1) is 0 Å². The highest BCUT2D eigenvalue weighted by Gasteiger charge is 2.16. The molecule has 1 saturated heterocycles. The van der Waals surface area contributed by atoms with Crippen LogP contribution in [-0.2, 0) is 0 Å². The number of rotatable bonds is 2. The first kappa shape index (κ1) is 9.97. The van der Waals surface area contributed by atoms with Gasteiger partial charge in [0.25, 0.3) is 0 Å². The smallest absolute Gasteiger partial charge is 0.0230 e. The van der Waals surface area contributed by atoms with Gasteiger partial charge in [0, 0.05) is 13.1 Å². The molecule has 2 rings (SSSR count). The molecule has 1 heteroatoms. The van der Waals surface area contributed by atoms with Crippen molar-refractivity contribution in [3.05, 3.63) is 23.8 Å². The predicted molar refractivity (Wildman–Crippen MR) is 61.3 cm³/mol. The van der Waals surface area contributed by atoms with Gasteiger partial charge < -0.3 is 0 Å². The quantitative estimate of drug-likeness (QED) is 0.648. The van der Waals surface area contributed by atoms with Gasteiger partial charge >= 0.3 is 0 Å². The topological polar surface area (TPSA) is 3.24 Å². The number of piperidine rings is 1. The van der Waals surface area contributed by atoms with Crippen LogP contribution in [0, 0.1) is 5.92 Å². The van der Waals surface area contributed by atoms with Gasteiger partial charge in [-0.1, -0.05) is 25.2 Å². The van der Waals surface area contributed by atoms with E-state index in [0.29, 0.717) is 0 Å². The fraction of sp³-hybridized carbons (Fsp3) is 0.692. The third kappa shape index (κ3) is 2.71. The van der Waals surface area contributed by atoms with Gasteiger partial charge in [0.15, 0.2) is 0 Å². The molecule has 1 fully saturated rings. The Balaban J connectivity index is 1.84. The molecule has 0 spiro atoms. The van der Waals surface area contributed by atoms with E-state index in [1.807, 2.05) is 0 Å². The maximum Gasteiger partial charge on any atom is 0.0230 e. The van der Waals surface area contributed by atoms with Crippen LogP contribution in [0.25, 0.3) is 0 Å². The fourth-order valence-corrected chi connectivity index (χ4v) is 2.47.